The Labute approximate surface area is 85.3 Å². The molecule has 1 unspecified atom stereocenters. The second kappa shape index (κ2) is 3.95. The van der Waals surface area contributed by atoms with Crippen molar-refractivity contribution >= 4 is 11.6 Å². The smallest absolute Gasteiger partial charge is 0.337 e. The molecule has 0 saturated heterocycles. The second-order valence-electron chi connectivity index (χ2n) is 2.72. The number of hydrogen-bond acceptors (Lipinski definition) is 1. The first-order valence-corrected chi connectivity index (χ1v) is 4.14. The van der Waals surface area contributed by atoms with Gasteiger partial charge in [-0.2, -0.15) is 8.78 Å². The van der Waals surface area contributed by atoms with E-state index in [-0.39, 0.29) is 5.56 Å². The molecule has 1 nitrogen and oxygen atoms in total. The Kier molecular flexibility index (Phi) is 3.10. The Hall–Kier alpha value is -1.11. The van der Waals surface area contributed by atoms with Gasteiger partial charge in [-0.1, -0.05) is 23.7 Å². The monoisotopic (exact) mass is 216 g/mol. The number of terminal acetylenes is 1. The zero-order valence-electron chi connectivity index (χ0n) is 7.05. The van der Waals surface area contributed by atoms with Crippen LogP contribution in [0.2, 0.25) is 5.02 Å². The Morgan fingerprint density at radius 1 is 1.36 bits per heavy atom. The molecule has 0 saturated carbocycles. The molecule has 0 radical (unpaired) electrons. The maximum atomic E-state index is 12.8. The van der Waals surface area contributed by atoms with E-state index < -0.39 is 12.0 Å². The second-order valence-corrected chi connectivity index (χ2v) is 3.16. The van der Waals surface area contributed by atoms with Crippen LogP contribution in [0.25, 0.3) is 0 Å². The van der Waals surface area contributed by atoms with Gasteiger partial charge in [0.05, 0.1) is 0 Å². The van der Waals surface area contributed by atoms with Gasteiger partial charge in [0.2, 0.25) is 0 Å². The Balaban J connectivity index is 2.96. The first kappa shape index (κ1) is 11.0. The summed E-state index contributed by atoms with van der Waals surface area (Å²) < 4.78 is 25.6. The van der Waals surface area contributed by atoms with Crippen LogP contribution < -0.4 is 0 Å². The highest BCUT2D eigenvalue weighted by atomic mass is 35.5. The summed E-state index contributed by atoms with van der Waals surface area (Å²) in [7, 11) is 0. The number of rotatable bonds is 2. The van der Waals surface area contributed by atoms with Crippen molar-refractivity contribution in [3.05, 3.63) is 34.9 Å². The summed E-state index contributed by atoms with van der Waals surface area (Å²) in [6, 6.07) is 5.43. The van der Waals surface area contributed by atoms with Crippen LogP contribution in [0.15, 0.2) is 24.3 Å². The third-order valence-electron chi connectivity index (χ3n) is 1.72. The summed E-state index contributed by atoms with van der Waals surface area (Å²) in [6.07, 6.45) is 2.59. The normalized spacial score (nSPS) is 13.4. The lowest BCUT2D eigenvalue weighted by atomic mass is 10.0. The molecular weight excluding hydrogens is 210 g/mol. The van der Waals surface area contributed by atoms with Crippen molar-refractivity contribution in [1.82, 2.24) is 0 Å². The molecule has 1 aromatic carbocycles. The van der Waals surface area contributed by atoms with Gasteiger partial charge in [-0.05, 0) is 23.6 Å². The standard InChI is InChI=1S/C10H7ClF2O/c1-2-10(12,13)9(14)7-3-5-8(11)6-4-7/h1,3-6,9,14H. The molecule has 74 valence electrons. The summed E-state index contributed by atoms with van der Waals surface area (Å²) in [5.41, 5.74) is 0.0392. The van der Waals surface area contributed by atoms with E-state index in [4.69, 9.17) is 11.6 Å². The number of aliphatic hydroxyl groups is 1. The van der Waals surface area contributed by atoms with Crippen molar-refractivity contribution in [2.45, 2.75) is 12.0 Å². The third kappa shape index (κ3) is 2.22. The van der Waals surface area contributed by atoms with Crippen molar-refractivity contribution in [1.29, 1.82) is 0 Å². The fourth-order valence-corrected chi connectivity index (χ4v) is 1.06. The Morgan fingerprint density at radius 3 is 2.29 bits per heavy atom. The van der Waals surface area contributed by atoms with Crippen molar-refractivity contribution in [2.24, 2.45) is 0 Å². The lowest BCUT2D eigenvalue weighted by molar-refractivity contribution is -0.0634. The fraction of sp³-hybridized carbons (Fsp3) is 0.200. The van der Waals surface area contributed by atoms with Crippen LogP contribution >= 0.6 is 11.6 Å². The van der Waals surface area contributed by atoms with E-state index in [0.717, 1.165) is 0 Å². The van der Waals surface area contributed by atoms with E-state index in [1.807, 2.05) is 0 Å². The van der Waals surface area contributed by atoms with E-state index >= 15 is 0 Å². The minimum absolute atomic E-state index is 0.0392. The molecule has 0 heterocycles. The predicted octanol–water partition coefficient (Wildman–Crippen LogP) is 2.64. The number of benzene rings is 1. The van der Waals surface area contributed by atoms with Crippen molar-refractivity contribution in [3.63, 3.8) is 0 Å². The molecule has 0 aliphatic carbocycles. The largest absolute Gasteiger partial charge is 0.381 e. The number of alkyl halides is 2. The SMILES string of the molecule is C#CC(F)(F)C(O)c1ccc(Cl)cc1. The molecule has 14 heavy (non-hydrogen) atoms. The first-order chi connectivity index (χ1) is 6.47. The summed E-state index contributed by atoms with van der Waals surface area (Å²) in [6.45, 7) is 0. The first-order valence-electron chi connectivity index (χ1n) is 3.76. The molecule has 1 N–H and O–H groups in total. The minimum Gasteiger partial charge on any atom is -0.381 e. The van der Waals surface area contributed by atoms with Gasteiger partial charge in [0.15, 0.2) is 6.10 Å². The lowest BCUT2D eigenvalue weighted by Crippen LogP contribution is -2.23. The zero-order valence-corrected chi connectivity index (χ0v) is 7.80. The number of aliphatic hydroxyl groups excluding tert-OH is 1. The highest BCUT2D eigenvalue weighted by Crippen LogP contribution is 2.30. The fourth-order valence-electron chi connectivity index (χ4n) is 0.933. The van der Waals surface area contributed by atoms with E-state index in [9.17, 15) is 13.9 Å². The molecular formula is C10H7ClF2O. The van der Waals surface area contributed by atoms with Gasteiger partial charge >= 0.3 is 5.92 Å². The van der Waals surface area contributed by atoms with Crippen LogP contribution in [-0.4, -0.2) is 11.0 Å². The van der Waals surface area contributed by atoms with Crippen LogP contribution in [0.1, 0.15) is 11.7 Å². The summed E-state index contributed by atoms with van der Waals surface area (Å²) in [5.74, 6) is -2.32. The van der Waals surface area contributed by atoms with Crippen molar-refractivity contribution in [3.8, 4) is 12.3 Å². The molecule has 1 aromatic rings. The molecule has 0 aliphatic rings. The average molecular weight is 217 g/mol. The van der Waals surface area contributed by atoms with Gasteiger partial charge in [0.25, 0.3) is 0 Å². The Bertz CT molecular complexity index is 353. The van der Waals surface area contributed by atoms with Crippen LogP contribution in [0.3, 0.4) is 0 Å². The van der Waals surface area contributed by atoms with E-state index in [1.165, 1.54) is 30.2 Å². The highest BCUT2D eigenvalue weighted by molar-refractivity contribution is 6.30. The lowest BCUT2D eigenvalue weighted by Gasteiger charge is -2.17. The summed E-state index contributed by atoms with van der Waals surface area (Å²) >= 11 is 5.56. The third-order valence-corrected chi connectivity index (χ3v) is 1.97. The minimum atomic E-state index is -3.56. The quantitative estimate of drug-likeness (QED) is 0.754. The molecule has 0 aliphatic heterocycles. The molecule has 0 fully saturated rings. The summed E-state index contributed by atoms with van der Waals surface area (Å²) in [4.78, 5) is 0. The van der Waals surface area contributed by atoms with Crippen LogP contribution in [0, 0.1) is 12.3 Å². The Morgan fingerprint density at radius 2 is 1.86 bits per heavy atom. The van der Waals surface area contributed by atoms with Crippen LogP contribution in [0.4, 0.5) is 8.78 Å². The van der Waals surface area contributed by atoms with Gasteiger partial charge < -0.3 is 5.11 Å². The molecule has 0 bridgehead atoms. The van der Waals surface area contributed by atoms with Gasteiger partial charge in [0.1, 0.15) is 0 Å². The maximum Gasteiger partial charge on any atom is 0.337 e. The maximum absolute atomic E-state index is 12.8. The topological polar surface area (TPSA) is 20.2 Å². The molecule has 1 rings (SSSR count). The predicted molar refractivity (Wildman–Crippen MR) is 50.2 cm³/mol. The van der Waals surface area contributed by atoms with E-state index in [1.54, 1.807) is 0 Å². The van der Waals surface area contributed by atoms with Crippen molar-refractivity contribution < 1.29 is 13.9 Å². The van der Waals surface area contributed by atoms with Crippen molar-refractivity contribution in [2.75, 3.05) is 0 Å². The highest BCUT2D eigenvalue weighted by Gasteiger charge is 2.37. The zero-order chi connectivity index (χ0) is 10.8. The number of hydrogen-bond donors (Lipinski definition) is 1. The van der Waals surface area contributed by atoms with Gasteiger partial charge in [0, 0.05) is 5.02 Å². The molecule has 4 heteroatoms. The molecule has 0 amide bonds. The van der Waals surface area contributed by atoms with Crippen LogP contribution in [0.5, 0.6) is 0 Å². The average Bonchev–Trinajstić information content (AvgIpc) is 2.18. The number of halogens is 3. The van der Waals surface area contributed by atoms with E-state index in [2.05, 4.69) is 6.42 Å². The van der Waals surface area contributed by atoms with Gasteiger partial charge in [-0.25, -0.2) is 0 Å². The summed E-state index contributed by atoms with van der Waals surface area (Å²) in [5, 5.41) is 9.61. The van der Waals surface area contributed by atoms with Gasteiger partial charge in [-0.3, -0.25) is 0 Å². The van der Waals surface area contributed by atoms with Gasteiger partial charge in [-0.15, -0.1) is 6.42 Å². The van der Waals surface area contributed by atoms with E-state index in [0.29, 0.717) is 5.02 Å². The molecule has 1 atom stereocenters. The van der Waals surface area contributed by atoms with Crippen LogP contribution in [-0.2, 0) is 0 Å². The molecule has 0 aromatic heterocycles. The molecule has 0 spiro atoms.